The molecule has 0 aromatic rings. The molecule has 6 atom stereocenters. The predicted molar refractivity (Wildman–Crippen MR) is 114 cm³/mol. The van der Waals surface area contributed by atoms with Crippen LogP contribution >= 0.6 is 0 Å². The van der Waals surface area contributed by atoms with Crippen LogP contribution in [0.15, 0.2) is 23.2 Å². The van der Waals surface area contributed by atoms with E-state index in [1.54, 1.807) is 6.08 Å². The van der Waals surface area contributed by atoms with Gasteiger partial charge in [0.15, 0.2) is 0 Å². The van der Waals surface area contributed by atoms with Gasteiger partial charge in [-0.05, 0) is 43.6 Å². The smallest absolute Gasteiger partial charge is 0.550 e. The second-order valence-corrected chi connectivity index (χ2v) is 9.23. The predicted octanol–water partition coefficient (Wildman–Crippen LogP) is 0.803. The number of unbranched alkanes of at least 4 members (excludes halogenated alkanes) is 3. The number of rotatable bonds is 12. The number of carbonyl (C=O) groups is 1. The molecule has 7 heteroatoms. The van der Waals surface area contributed by atoms with Gasteiger partial charge >= 0.3 is 29.6 Å². The van der Waals surface area contributed by atoms with Gasteiger partial charge in [0.05, 0.1) is 11.9 Å². The van der Waals surface area contributed by atoms with Gasteiger partial charge < -0.3 is 30.0 Å². The van der Waals surface area contributed by atoms with Crippen LogP contribution < -0.4 is 34.7 Å². The molecular formula is C24H39NaO6. The van der Waals surface area contributed by atoms with Crippen molar-refractivity contribution in [1.82, 2.24) is 0 Å². The summed E-state index contributed by atoms with van der Waals surface area (Å²) in [5, 5.41) is 41.9. The molecule has 0 saturated carbocycles. The van der Waals surface area contributed by atoms with E-state index in [9.17, 15) is 25.2 Å². The van der Waals surface area contributed by atoms with Gasteiger partial charge in [0, 0.05) is 36.4 Å². The van der Waals surface area contributed by atoms with Crippen molar-refractivity contribution in [3.8, 4) is 0 Å². The fourth-order valence-corrected chi connectivity index (χ4v) is 5.01. The van der Waals surface area contributed by atoms with Crippen molar-refractivity contribution in [2.75, 3.05) is 6.61 Å². The van der Waals surface area contributed by atoms with E-state index in [0.29, 0.717) is 30.9 Å². The summed E-state index contributed by atoms with van der Waals surface area (Å²) >= 11 is 0. The summed E-state index contributed by atoms with van der Waals surface area (Å²) in [6, 6.07) is 0. The van der Waals surface area contributed by atoms with Crippen LogP contribution in [0.3, 0.4) is 0 Å². The number of carboxylic acid groups (broad SMARTS) is 1. The van der Waals surface area contributed by atoms with Crippen LogP contribution in [0.25, 0.3) is 0 Å². The molecule has 0 radical (unpaired) electrons. The van der Waals surface area contributed by atoms with E-state index in [1.165, 1.54) is 0 Å². The second kappa shape index (κ2) is 13.9. The Morgan fingerprint density at radius 2 is 1.94 bits per heavy atom. The molecule has 3 N–H and O–H groups in total. The van der Waals surface area contributed by atoms with Crippen molar-refractivity contribution >= 4 is 5.97 Å². The molecule has 1 unspecified atom stereocenters. The van der Waals surface area contributed by atoms with Crippen molar-refractivity contribution in [1.29, 1.82) is 0 Å². The molecule has 2 rings (SSSR count). The fraction of sp³-hybridized carbons (Fsp3) is 0.792. The van der Waals surface area contributed by atoms with Gasteiger partial charge in [-0.25, -0.2) is 0 Å². The summed E-state index contributed by atoms with van der Waals surface area (Å²) in [4.78, 5) is 10.6. The second-order valence-electron chi connectivity index (χ2n) is 9.23. The minimum absolute atomic E-state index is 0. The zero-order valence-corrected chi connectivity index (χ0v) is 21.7. The zero-order valence-electron chi connectivity index (χ0n) is 19.7. The zero-order chi connectivity index (χ0) is 22.3. The standard InChI is InChI=1S/C24H40O6.Na/c1-4-9-15(2)14-30-21-13-20(26)24(29)18-12-19(25)16(3)17(23(18)21)10-7-5-6-8-11-22(27)28;/h12,15-17,20-21,23,25-26,29H,4-11,13-14H2,1-3H3,(H,27,28);/q;+1/p-1/t15?,16-,17+,20-,21-,23+;/m0./s1. The first-order valence-corrected chi connectivity index (χ1v) is 11.6. The summed E-state index contributed by atoms with van der Waals surface area (Å²) in [6.07, 6.45) is 7.24. The number of hydrogen-bond acceptors (Lipinski definition) is 6. The van der Waals surface area contributed by atoms with Crippen LogP contribution in [0.1, 0.15) is 78.6 Å². The third kappa shape index (κ3) is 8.08. The molecule has 0 spiro atoms. The number of carbonyl (C=O) groups excluding carboxylic acids is 1. The van der Waals surface area contributed by atoms with Crippen LogP contribution in [0.5, 0.6) is 0 Å². The monoisotopic (exact) mass is 446 g/mol. The molecule has 0 aliphatic heterocycles. The summed E-state index contributed by atoms with van der Waals surface area (Å²) in [7, 11) is 0. The Hall–Kier alpha value is -0.530. The fourth-order valence-electron chi connectivity index (χ4n) is 5.01. The maximum Gasteiger partial charge on any atom is 1.00 e. The quantitative estimate of drug-likeness (QED) is 0.302. The first-order chi connectivity index (χ1) is 14.3. The minimum Gasteiger partial charge on any atom is -0.550 e. The molecule has 0 heterocycles. The third-order valence-electron chi connectivity index (χ3n) is 6.74. The number of aliphatic hydroxyl groups excluding tert-OH is 3. The Morgan fingerprint density at radius 3 is 2.58 bits per heavy atom. The van der Waals surface area contributed by atoms with E-state index in [1.807, 2.05) is 6.92 Å². The van der Waals surface area contributed by atoms with Crippen LogP contribution in [-0.2, 0) is 9.53 Å². The number of carboxylic acids is 1. The molecule has 31 heavy (non-hydrogen) atoms. The van der Waals surface area contributed by atoms with Gasteiger partial charge in [0.1, 0.15) is 11.9 Å². The molecule has 2 aliphatic rings. The summed E-state index contributed by atoms with van der Waals surface area (Å²) in [5.41, 5.74) is 0.611. The Morgan fingerprint density at radius 1 is 1.26 bits per heavy atom. The van der Waals surface area contributed by atoms with Crippen LogP contribution in [0.4, 0.5) is 0 Å². The Kier molecular flexibility index (Phi) is 12.8. The summed E-state index contributed by atoms with van der Waals surface area (Å²) in [5.74, 6) is -0.384. The normalized spacial score (nSPS) is 29.0. The van der Waals surface area contributed by atoms with Crippen molar-refractivity contribution < 1.29 is 59.5 Å². The van der Waals surface area contributed by atoms with Crippen LogP contribution in [0.2, 0.25) is 0 Å². The number of aliphatic carboxylic acids is 1. The number of ether oxygens (including phenoxy) is 1. The van der Waals surface area contributed by atoms with E-state index in [2.05, 4.69) is 13.8 Å². The van der Waals surface area contributed by atoms with Gasteiger partial charge in [-0.15, -0.1) is 0 Å². The van der Waals surface area contributed by atoms with E-state index in [-0.39, 0.29) is 71.4 Å². The van der Waals surface area contributed by atoms with E-state index in [4.69, 9.17) is 4.74 Å². The average Bonchev–Trinajstić information content (AvgIpc) is 2.69. The Balaban J connectivity index is 0.00000480. The average molecular weight is 447 g/mol. The topological polar surface area (TPSA) is 110 Å². The Labute approximate surface area is 209 Å². The van der Waals surface area contributed by atoms with Gasteiger partial charge in [0.25, 0.3) is 0 Å². The molecule has 0 aromatic carbocycles. The number of fused-ring (bicyclic) bond motifs is 1. The maximum absolute atomic E-state index is 10.6. The summed E-state index contributed by atoms with van der Waals surface area (Å²) < 4.78 is 6.28. The number of hydrogen-bond donors (Lipinski definition) is 3. The van der Waals surface area contributed by atoms with Crippen molar-refractivity contribution in [2.45, 2.75) is 90.8 Å². The first kappa shape index (κ1) is 28.5. The van der Waals surface area contributed by atoms with Crippen molar-refractivity contribution in [2.24, 2.45) is 23.7 Å². The van der Waals surface area contributed by atoms with Crippen LogP contribution in [0, 0.1) is 23.7 Å². The van der Waals surface area contributed by atoms with Gasteiger partial charge in [0.2, 0.25) is 0 Å². The molecule has 172 valence electrons. The van der Waals surface area contributed by atoms with Gasteiger partial charge in [-0.2, -0.15) is 0 Å². The largest absolute Gasteiger partial charge is 1.00 e. The molecule has 6 nitrogen and oxygen atoms in total. The van der Waals surface area contributed by atoms with Crippen molar-refractivity contribution in [3.05, 3.63) is 23.2 Å². The van der Waals surface area contributed by atoms with E-state index < -0.39 is 12.1 Å². The molecule has 0 bridgehead atoms. The first-order valence-electron chi connectivity index (χ1n) is 11.6. The van der Waals surface area contributed by atoms with Crippen molar-refractivity contribution in [3.63, 3.8) is 0 Å². The third-order valence-corrected chi connectivity index (χ3v) is 6.74. The molecule has 2 aliphatic carbocycles. The molecule has 0 fully saturated rings. The number of allylic oxidation sites excluding steroid dienone is 2. The molecule has 0 aromatic heterocycles. The molecular weight excluding hydrogens is 407 g/mol. The molecule has 0 amide bonds. The maximum atomic E-state index is 10.6. The SMILES string of the molecule is CCCC(C)CO[C@H]1C[C@H](O)C(O)=C2C=C(O)[C@@H](C)[C@@H](CCCCCCC(=O)[O-])[C@H]21.[Na+]. The van der Waals surface area contributed by atoms with Gasteiger partial charge in [-0.3, -0.25) is 0 Å². The van der Waals surface area contributed by atoms with E-state index >= 15 is 0 Å². The van der Waals surface area contributed by atoms with Gasteiger partial charge in [-0.1, -0.05) is 46.5 Å². The van der Waals surface area contributed by atoms with Crippen LogP contribution in [-0.4, -0.2) is 40.1 Å². The number of aliphatic hydroxyl groups is 3. The minimum atomic E-state index is -1.01. The summed E-state index contributed by atoms with van der Waals surface area (Å²) in [6.45, 7) is 6.94. The molecule has 0 saturated heterocycles. The Bertz CT molecular complexity index is 632. The van der Waals surface area contributed by atoms with E-state index in [0.717, 1.165) is 38.5 Å².